The van der Waals surface area contributed by atoms with Crippen LogP contribution in [0.5, 0.6) is 11.5 Å². The number of hydrogen-bond acceptors (Lipinski definition) is 5. The number of amides is 1. The van der Waals surface area contributed by atoms with Crippen LogP contribution in [-0.4, -0.2) is 29.9 Å². The highest BCUT2D eigenvalue weighted by atomic mass is 35.5. The Morgan fingerprint density at radius 2 is 1.92 bits per heavy atom. The van der Waals surface area contributed by atoms with Gasteiger partial charge in [-0.3, -0.25) is 9.48 Å². The highest BCUT2D eigenvalue weighted by Gasteiger charge is 2.16. The van der Waals surface area contributed by atoms with Crippen LogP contribution in [0.15, 0.2) is 36.4 Å². The number of hydrogen-bond donors (Lipinski definition) is 1. The van der Waals surface area contributed by atoms with E-state index in [4.69, 9.17) is 21.1 Å². The molecule has 3 rings (SSSR count). The summed E-state index contributed by atoms with van der Waals surface area (Å²) >= 11 is 7.42. The number of thiophene rings is 1. The number of nitrogens with zero attached hydrogens (tertiary/aromatic N) is 2. The molecule has 0 spiro atoms. The van der Waals surface area contributed by atoms with Crippen molar-refractivity contribution in [3.05, 3.63) is 46.4 Å². The molecule has 1 amide bonds. The standard InChI is InChI=1S/C17H16ClN3O3S/c1-21-12(15-6-7-16(18)25-15)9-11(20-21)17(22)19-10-4-5-13(23-2)14(8-10)24-3/h4-9H,1-3H3,(H,19,22). The topological polar surface area (TPSA) is 65.4 Å². The van der Waals surface area contributed by atoms with Gasteiger partial charge in [0.1, 0.15) is 0 Å². The fourth-order valence-corrected chi connectivity index (χ4v) is 3.46. The van der Waals surface area contributed by atoms with Crippen molar-refractivity contribution in [2.45, 2.75) is 0 Å². The van der Waals surface area contributed by atoms with Crippen molar-refractivity contribution in [1.82, 2.24) is 9.78 Å². The Hall–Kier alpha value is -2.51. The normalized spacial score (nSPS) is 10.6. The average molecular weight is 378 g/mol. The van der Waals surface area contributed by atoms with E-state index in [9.17, 15) is 4.79 Å². The summed E-state index contributed by atoms with van der Waals surface area (Å²) < 4.78 is 12.8. The van der Waals surface area contributed by atoms with Gasteiger partial charge in [-0.25, -0.2) is 0 Å². The van der Waals surface area contributed by atoms with Crippen LogP contribution in [0, 0.1) is 0 Å². The van der Waals surface area contributed by atoms with Gasteiger partial charge in [0, 0.05) is 18.8 Å². The SMILES string of the molecule is COc1ccc(NC(=O)c2cc(-c3ccc(Cl)s3)n(C)n2)cc1OC. The first-order chi connectivity index (χ1) is 12.0. The van der Waals surface area contributed by atoms with E-state index in [2.05, 4.69) is 10.4 Å². The van der Waals surface area contributed by atoms with Crippen molar-refractivity contribution in [2.75, 3.05) is 19.5 Å². The van der Waals surface area contributed by atoms with Crippen LogP contribution in [0.1, 0.15) is 10.5 Å². The van der Waals surface area contributed by atoms with Crippen LogP contribution in [0.3, 0.4) is 0 Å². The lowest BCUT2D eigenvalue weighted by molar-refractivity contribution is 0.102. The molecule has 2 heterocycles. The van der Waals surface area contributed by atoms with E-state index in [0.717, 1.165) is 10.6 Å². The minimum Gasteiger partial charge on any atom is -0.493 e. The van der Waals surface area contributed by atoms with Gasteiger partial charge < -0.3 is 14.8 Å². The summed E-state index contributed by atoms with van der Waals surface area (Å²) in [7, 11) is 4.89. The van der Waals surface area contributed by atoms with E-state index in [1.165, 1.54) is 11.3 Å². The van der Waals surface area contributed by atoms with Gasteiger partial charge in [0.25, 0.3) is 5.91 Å². The van der Waals surface area contributed by atoms with Crippen molar-refractivity contribution < 1.29 is 14.3 Å². The summed E-state index contributed by atoms with van der Waals surface area (Å²) in [4.78, 5) is 13.4. The number of anilines is 1. The molecule has 0 aliphatic heterocycles. The van der Waals surface area contributed by atoms with Crippen LogP contribution in [0.4, 0.5) is 5.69 Å². The highest BCUT2D eigenvalue weighted by molar-refractivity contribution is 7.19. The molecule has 3 aromatic rings. The van der Waals surface area contributed by atoms with Crippen molar-refractivity contribution in [3.8, 4) is 22.1 Å². The number of carbonyl (C=O) groups is 1. The molecule has 6 nitrogen and oxygen atoms in total. The predicted molar refractivity (Wildman–Crippen MR) is 99.0 cm³/mol. The van der Waals surface area contributed by atoms with Crippen molar-refractivity contribution >= 4 is 34.5 Å². The molecule has 130 valence electrons. The molecule has 1 N–H and O–H groups in total. The molecule has 0 unspecified atom stereocenters. The fraction of sp³-hybridized carbons (Fsp3) is 0.176. The number of benzene rings is 1. The summed E-state index contributed by atoms with van der Waals surface area (Å²) in [6, 6.07) is 10.6. The van der Waals surface area contributed by atoms with Crippen LogP contribution >= 0.6 is 22.9 Å². The molecule has 0 aliphatic carbocycles. The lowest BCUT2D eigenvalue weighted by atomic mass is 10.2. The molecule has 0 radical (unpaired) electrons. The number of aryl methyl sites for hydroxylation is 1. The quantitative estimate of drug-likeness (QED) is 0.727. The Kier molecular flexibility index (Phi) is 4.96. The van der Waals surface area contributed by atoms with Gasteiger partial charge >= 0.3 is 0 Å². The van der Waals surface area contributed by atoms with E-state index >= 15 is 0 Å². The number of carbonyl (C=O) groups excluding carboxylic acids is 1. The second-order valence-electron chi connectivity index (χ2n) is 5.17. The fourth-order valence-electron chi connectivity index (χ4n) is 2.37. The summed E-state index contributed by atoms with van der Waals surface area (Å²) in [5, 5.41) is 7.09. The smallest absolute Gasteiger partial charge is 0.276 e. The zero-order valence-corrected chi connectivity index (χ0v) is 15.4. The van der Waals surface area contributed by atoms with Gasteiger partial charge in [-0.05, 0) is 30.3 Å². The summed E-state index contributed by atoms with van der Waals surface area (Å²) in [5.74, 6) is 0.821. The number of ether oxygens (including phenoxy) is 2. The first-order valence-electron chi connectivity index (χ1n) is 7.35. The molecular formula is C17H16ClN3O3S. The van der Waals surface area contributed by atoms with Crippen molar-refractivity contribution in [2.24, 2.45) is 7.05 Å². The van der Waals surface area contributed by atoms with E-state index < -0.39 is 0 Å². The Balaban J connectivity index is 1.82. The van der Waals surface area contributed by atoms with E-state index in [1.54, 1.807) is 50.2 Å². The molecule has 0 saturated carbocycles. The van der Waals surface area contributed by atoms with Crippen molar-refractivity contribution in [3.63, 3.8) is 0 Å². The van der Waals surface area contributed by atoms with Gasteiger partial charge in [0.15, 0.2) is 17.2 Å². The molecule has 0 saturated heterocycles. The molecule has 0 fully saturated rings. The average Bonchev–Trinajstić information content (AvgIpc) is 3.20. The Morgan fingerprint density at radius 3 is 2.56 bits per heavy atom. The van der Waals surface area contributed by atoms with Gasteiger partial charge in [-0.15, -0.1) is 11.3 Å². The molecule has 0 aliphatic rings. The molecule has 0 bridgehead atoms. The van der Waals surface area contributed by atoms with Crippen LogP contribution in [0.2, 0.25) is 4.34 Å². The third-order valence-corrected chi connectivity index (χ3v) is 4.83. The minimum absolute atomic E-state index is 0.309. The van der Waals surface area contributed by atoms with Crippen LogP contribution in [0.25, 0.3) is 10.6 Å². The Labute approximate surface area is 153 Å². The first-order valence-corrected chi connectivity index (χ1v) is 8.54. The lowest BCUT2D eigenvalue weighted by Gasteiger charge is -2.09. The molecule has 0 atom stereocenters. The molecule has 2 aromatic heterocycles. The van der Waals surface area contributed by atoms with Gasteiger partial charge in [0.2, 0.25) is 0 Å². The molecule has 25 heavy (non-hydrogen) atoms. The predicted octanol–water partition coefficient (Wildman–Crippen LogP) is 4.07. The zero-order valence-electron chi connectivity index (χ0n) is 13.9. The van der Waals surface area contributed by atoms with Crippen molar-refractivity contribution in [1.29, 1.82) is 0 Å². The number of halogens is 1. The molecule has 8 heteroatoms. The Bertz CT molecular complexity index is 920. The first kappa shape index (κ1) is 17.3. The van der Waals surface area contributed by atoms with E-state index in [0.29, 0.717) is 27.2 Å². The van der Waals surface area contributed by atoms with E-state index in [1.807, 2.05) is 12.1 Å². The second kappa shape index (κ2) is 7.16. The van der Waals surface area contributed by atoms with Gasteiger partial charge in [-0.2, -0.15) is 5.10 Å². The van der Waals surface area contributed by atoms with Gasteiger partial charge in [-0.1, -0.05) is 11.6 Å². The second-order valence-corrected chi connectivity index (χ2v) is 6.88. The third kappa shape index (κ3) is 3.62. The minimum atomic E-state index is -0.309. The lowest BCUT2D eigenvalue weighted by Crippen LogP contribution is -2.13. The number of methoxy groups -OCH3 is 2. The third-order valence-electron chi connectivity index (χ3n) is 3.58. The number of nitrogens with one attached hydrogen (secondary N) is 1. The molecule has 1 aromatic carbocycles. The maximum Gasteiger partial charge on any atom is 0.276 e. The Morgan fingerprint density at radius 1 is 1.16 bits per heavy atom. The highest BCUT2D eigenvalue weighted by Crippen LogP contribution is 2.32. The number of aromatic nitrogens is 2. The monoisotopic (exact) mass is 377 g/mol. The maximum absolute atomic E-state index is 12.5. The zero-order chi connectivity index (χ0) is 18.0. The summed E-state index contributed by atoms with van der Waals surface area (Å²) in [5.41, 5.74) is 1.74. The summed E-state index contributed by atoms with van der Waals surface area (Å²) in [6.45, 7) is 0. The van der Waals surface area contributed by atoms with Gasteiger partial charge in [0.05, 0.1) is 29.1 Å². The van der Waals surface area contributed by atoms with Crippen LogP contribution in [-0.2, 0) is 7.05 Å². The summed E-state index contributed by atoms with van der Waals surface area (Å²) in [6.07, 6.45) is 0. The largest absolute Gasteiger partial charge is 0.493 e. The number of rotatable bonds is 5. The molecular weight excluding hydrogens is 362 g/mol. The maximum atomic E-state index is 12.5. The van der Waals surface area contributed by atoms with Crippen LogP contribution < -0.4 is 14.8 Å². The van der Waals surface area contributed by atoms with E-state index in [-0.39, 0.29) is 5.91 Å².